The first kappa shape index (κ1) is 12.4. The van der Waals surface area contributed by atoms with Crippen LogP contribution in [0.25, 0.3) is 10.8 Å². The van der Waals surface area contributed by atoms with Gasteiger partial charge in [-0.05, 0) is 46.8 Å². The van der Waals surface area contributed by atoms with E-state index in [1.165, 1.54) is 11.8 Å². The number of fused-ring (bicyclic) bond motifs is 1. The van der Waals surface area contributed by atoms with Gasteiger partial charge in [0.25, 0.3) is 11.1 Å². The third-order valence-electron chi connectivity index (χ3n) is 2.69. The molecule has 1 heterocycles. The number of phenolic OH excluding ortho intramolecular Hbond substituents is 1. The minimum Gasteiger partial charge on any atom is -0.508 e. The van der Waals surface area contributed by atoms with Crippen LogP contribution in [-0.2, 0) is 4.79 Å². The van der Waals surface area contributed by atoms with Gasteiger partial charge >= 0.3 is 0 Å². The van der Waals surface area contributed by atoms with Crippen LogP contribution in [-0.4, -0.2) is 20.8 Å². The highest BCUT2D eigenvalue weighted by atomic mass is 32.2. The van der Waals surface area contributed by atoms with E-state index in [0.717, 1.165) is 27.4 Å². The van der Waals surface area contributed by atoms with Crippen LogP contribution in [0.15, 0.2) is 41.3 Å². The molecule has 4 nitrogen and oxygen atoms in total. The lowest BCUT2D eigenvalue weighted by Crippen LogP contribution is -2.22. The smallest absolute Gasteiger partial charge is 0.287 e. The summed E-state index contributed by atoms with van der Waals surface area (Å²) in [5.41, 5.74) is 0. The zero-order chi connectivity index (χ0) is 13.4. The number of amides is 2. The van der Waals surface area contributed by atoms with E-state index in [4.69, 9.17) is 0 Å². The van der Waals surface area contributed by atoms with Gasteiger partial charge < -0.3 is 5.11 Å². The van der Waals surface area contributed by atoms with Crippen molar-refractivity contribution in [3.63, 3.8) is 0 Å². The lowest BCUT2D eigenvalue weighted by molar-refractivity contribution is -0.117. The Balaban J connectivity index is 1.87. The molecular formula is C13H9NO3S2. The molecule has 0 saturated carbocycles. The summed E-state index contributed by atoms with van der Waals surface area (Å²) in [5.74, 6) is -0.0324. The van der Waals surface area contributed by atoms with Crippen LogP contribution in [0.4, 0.5) is 4.79 Å². The average molecular weight is 291 g/mol. The van der Waals surface area contributed by atoms with Crippen LogP contribution in [0.1, 0.15) is 0 Å². The summed E-state index contributed by atoms with van der Waals surface area (Å²) in [4.78, 5) is 23.5. The molecule has 2 aromatic carbocycles. The fraction of sp³-hybridized carbons (Fsp3) is 0.0769. The van der Waals surface area contributed by atoms with Gasteiger partial charge in [0.05, 0.1) is 0 Å². The Labute approximate surface area is 117 Å². The molecule has 0 aromatic heterocycles. The fourth-order valence-electron chi connectivity index (χ4n) is 1.83. The predicted octanol–water partition coefficient (Wildman–Crippen LogP) is 2.95. The Morgan fingerprint density at radius 2 is 1.84 bits per heavy atom. The number of hydrogen-bond donors (Lipinski definition) is 2. The molecule has 0 aliphatic carbocycles. The van der Waals surface area contributed by atoms with Crippen molar-refractivity contribution in [2.45, 2.75) is 9.48 Å². The normalized spacial score (nSPS) is 18.8. The number of carbonyl (C=O) groups is 2. The summed E-state index contributed by atoms with van der Waals surface area (Å²) >= 11 is 2.35. The van der Waals surface area contributed by atoms with Crippen molar-refractivity contribution in [1.82, 2.24) is 5.32 Å². The van der Waals surface area contributed by atoms with Crippen molar-refractivity contribution in [2.75, 3.05) is 0 Å². The Bertz CT molecular complexity index is 687. The van der Waals surface area contributed by atoms with E-state index >= 15 is 0 Å². The highest BCUT2D eigenvalue weighted by Gasteiger charge is 2.32. The Morgan fingerprint density at radius 3 is 2.58 bits per heavy atom. The zero-order valence-corrected chi connectivity index (χ0v) is 11.3. The first-order valence-electron chi connectivity index (χ1n) is 5.53. The lowest BCUT2D eigenvalue weighted by atomic mass is 10.1. The number of imide groups is 1. The summed E-state index contributed by atoms with van der Waals surface area (Å²) in [6, 6.07) is 10.8. The Morgan fingerprint density at radius 1 is 1.11 bits per heavy atom. The van der Waals surface area contributed by atoms with Crippen LogP contribution < -0.4 is 5.32 Å². The van der Waals surface area contributed by atoms with Gasteiger partial charge in [0.1, 0.15) is 10.3 Å². The number of carbonyl (C=O) groups excluding carboxylic acids is 2. The molecule has 3 rings (SSSR count). The van der Waals surface area contributed by atoms with Gasteiger partial charge in [-0.2, -0.15) is 0 Å². The predicted molar refractivity (Wildman–Crippen MR) is 76.4 cm³/mol. The number of rotatable bonds is 2. The molecule has 96 valence electrons. The summed E-state index contributed by atoms with van der Waals surface area (Å²) in [6.45, 7) is 0. The zero-order valence-electron chi connectivity index (χ0n) is 9.62. The number of hydrogen-bond acceptors (Lipinski definition) is 5. The maximum Gasteiger partial charge on any atom is 0.287 e. The molecule has 2 N–H and O–H groups in total. The maximum atomic E-state index is 11.5. The van der Waals surface area contributed by atoms with Crippen molar-refractivity contribution < 1.29 is 14.7 Å². The number of thioether (sulfide) groups is 2. The first-order chi connectivity index (χ1) is 9.11. The van der Waals surface area contributed by atoms with Crippen molar-refractivity contribution in [3.8, 4) is 5.75 Å². The molecule has 1 aliphatic heterocycles. The molecule has 1 atom stereocenters. The summed E-state index contributed by atoms with van der Waals surface area (Å²) in [5, 5.41) is 13.3. The molecule has 6 heteroatoms. The molecule has 1 unspecified atom stereocenters. The first-order valence-corrected chi connectivity index (χ1v) is 7.29. The van der Waals surface area contributed by atoms with Gasteiger partial charge in [0.2, 0.25) is 0 Å². The standard InChI is InChI=1S/C13H9NO3S2/c15-9-3-1-8-6-10(4-2-7(8)5-9)18-12-11(16)14-13(17)19-12/h1-6,12,15H,(H,14,16,17). The molecule has 1 saturated heterocycles. The summed E-state index contributed by atoms with van der Waals surface area (Å²) in [6.07, 6.45) is 0. The van der Waals surface area contributed by atoms with E-state index in [-0.39, 0.29) is 16.9 Å². The quantitative estimate of drug-likeness (QED) is 0.890. The number of phenols is 1. The van der Waals surface area contributed by atoms with Crippen LogP contribution in [0, 0.1) is 0 Å². The number of benzene rings is 2. The number of aromatic hydroxyl groups is 1. The third kappa shape index (κ3) is 2.54. The fourth-order valence-corrected chi connectivity index (χ4v) is 3.89. The van der Waals surface area contributed by atoms with Gasteiger partial charge in [-0.1, -0.05) is 12.1 Å². The van der Waals surface area contributed by atoms with Crippen molar-refractivity contribution in [2.24, 2.45) is 0 Å². The van der Waals surface area contributed by atoms with Gasteiger partial charge in [0, 0.05) is 4.90 Å². The minimum atomic E-state index is -0.429. The monoisotopic (exact) mass is 291 g/mol. The average Bonchev–Trinajstić information content (AvgIpc) is 2.68. The van der Waals surface area contributed by atoms with E-state index in [2.05, 4.69) is 5.32 Å². The van der Waals surface area contributed by atoms with Gasteiger partial charge in [-0.15, -0.1) is 11.8 Å². The largest absolute Gasteiger partial charge is 0.508 e. The highest BCUT2D eigenvalue weighted by Crippen LogP contribution is 2.36. The van der Waals surface area contributed by atoms with Crippen molar-refractivity contribution in [1.29, 1.82) is 0 Å². The molecule has 2 amide bonds. The third-order valence-corrected chi connectivity index (χ3v) is 4.97. The minimum absolute atomic E-state index is 0.226. The summed E-state index contributed by atoms with van der Waals surface area (Å²) in [7, 11) is 0. The summed E-state index contributed by atoms with van der Waals surface area (Å²) < 4.78 is -0.429. The number of nitrogens with one attached hydrogen (secondary N) is 1. The Kier molecular flexibility index (Phi) is 3.12. The van der Waals surface area contributed by atoms with E-state index in [0.29, 0.717) is 0 Å². The molecule has 0 spiro atoms. The van der Waals surface area contributed by atoms with E-state index < -0.39 is 4.58 Å². The van der Waals surface area contributed by atoms with E-state index in [9.17, 15) is 14.7 Å². The molecule has 0 radical (unpaired) electrons. The van der Waals surface area contributed by atoms with Gasteiger partial charge in [-0.3, -0.25) is 14.9 Å². The second kappa shape index (κ2) is 4.79. The van der Waals surface area contributed by atoms with E-state index in [1.54, 1.807) is 12.1 Å². The second-order valence-electron chi connectivity index (χ2n) is 4.04. The molecule has 19 heavy (non-hydrogen) atoms. The molecular weight excluding hydrogens is 282 g/mol. The van der Waals surface area contributed by atoms with Gasteiger partial charge in [0.15, 0.2) is 0 Å². The van der Waals surface area contributed by atoms with Crippen molar-refractivity contribution in [3.05, 3.63) is 36.4 Å². The molecule has 1 aliphatic rings. The lowest BCUT2D eigenvalue weighted by Gasteiger charge is -2.06. The van der Waals surface area contributed by atoms with Crippen molar-refractivity contribution >= 4 is 45.4 Å². The SMILES string of the molecule is O=C1NC(=O)C(Sc2ccc3cc(O)ccc3c2)S1. The molecule has 1 fully saturated rings. The highest BCUT2D eigenvalue weighted by molar-refractivity contribution is 8.26. The van der Waals surface area contributed by atoms with Crippen LogP contribution in [0.2, 0.25) is 0 Å². The van der Waals surface area contributed by atoms with Gasteiger partial charge in [-0.25, -0.2) is 0 Å². The Hall–Kier alpha value is -1.66. The van der Waals surface area contributed by atoms with Crippen LogP contribution in [0.5, 0.6) is 5.75 Å². The topological polar surface area (TPSA) is 66.4 Å². The molecule has 2 aromatic rings. The maximum absolute atomic E-state index is 11.5. The second-order valence-corrected chi connectivity index (χ2v) is 6.59. The van der Waals surface area contributed by atoms with E-state index in [1.807, 2.05) is 24.3 Å². The van der Waals surface area contributed by atoms with Crippen LogP contribution in [0.3, 0.4) is 0 Å². The van der Waals surface area contributed by atoms with Crippen LogP contribution >= 0.6 is 23.5 Å². The molecule has 0 bridgehead atoms.